The van der Waals surface area contributed by atoms with E-state index in [-0.39, 0.29) is 11.4 Å². The van der Waals surface area contributed by atoms with Crippen LogP contribution in [0.25, 0.3) is 11.2 Å². The number of aryl methyl sites for hydroxylation is 1. The minimum atomic E-state index is -3.81. The lowest BCUT2D eigenvalue weighted by molar-refractivity contribution is -0.346. The first-order valence-corrected chi connectivity index (χ1v) is 10.6. The van der Waals surface area contributed by atoms with E-state index in [0.29, 0.717) is 24.0 Å². The van der Waals surface area contributed by atoms with Crippen LogP contribution in [0.3, 0.4) is 0 Å². The summed E-state index contributed by atoms with van der Waals surface area (Å²) in [7, 11) is -3.81. The van der Waals surface area contributed by atoms with Crippen molar-refractivity contribution in [3.05, 3.63) is 47.4 Å². The minimum absolute atomic E-state index is 0.231. The second-order valence-corrected chi connectivity index (χ2v) is 8.19. The van der Waals surface area contributed by atoms with Crippen molar-refractivity contribution in [3.63, 3.8) is 0 Å². The van der Waals surface area contributed by atoms with Gasteiger partial charge in [-0.05, 0) is 29.6 Å². The number of nitrogens with zero attached hydrogens (tertiary/aromatic N) is 1. The second kappa shape index (κ2) is 8.11. The third-order valence-corrected chi connectivity index (χ3v) is 5.57. The van der Waals surface area contributed by atoms with Crippen molar-refractivity contribution in [1.29, 1.82) is 0 Å². The van der Waals surface area contributed by atoms with Gasteiger partial charge in [0.25, 0.3) is 5.91 Å². The first-order valence-electron chi connectivity index (χ1n) is 8.94. The Balaban J connectivity index is 1.89. The number of aromatic nitrogens is 3. The van der Waals surface area contributed by atoms with Crippen LogP contribution in [0.2, 0.25) is 0 Å². The summed E-state index contributed by atoms with van der Waals surface area (Å²) in [5.74, 6) is -2.95. The first kappa shape index (κ1) is 20.6. The number of carbonyl (C=O) groups is 1. The lowest BCUT2D eigenvalue weighted by atomic mass is 10.1. The van der Waals surface area contributed by atoms with Gasteiger partial charge in [0.15, 0.2) is 5.82 Å². The van der Waals surface area contributed by atoms with Crippen LogP contribution in [0.4, 0.5) is 20.2 Å². The highest BCUT2D eigenvalue weighted by Crippen LogP contribution is 2.24. The van der Waals surface area contributed by atoms with Gasteiger partial charge in [0.2, 0.25) is 15.8 Å². The fraction of sp³-hybridized carbons (Fsp3) is 0.278. The van der Waals surface area contributed by atoms with Crippen molar-refractivity contribution in [3.8, 4) is 0 Å². The zero-order valence-electron chi connectivity index (χ0n) is 15.8. The number of hydrogen-bond acceptors (Lipinski definition) is 4. The third-order valence-electron chi connectivity index (χ3n) is 4.09. The highest BCUT2D eigenvalue weighted by Gasteiger charge is 2.23. The Morgan fingerprint density at radius 1 is 1.28 bits per heavy atom. The largest absolute Gasteiger partial charge is 0.346 e. The molecule has 4 N–H and O–H groups in total. The van der Waals surface area contributed by atoms with Gasteiger partial charge in [0.05, 0.1) is 17.1 Å². The molecule has 2 aromatic heterocycles. The van der Waals surface area contributed by atoms with E-state index in [1.807, 2.05) is 11.6 Å². The molecular weight excluding hydrogens is 404 g/mol. The zero-order valence-corrected chi connectivity index (χ0v) is 16.6. The summed E-state index contributed by atoms with van der Waals surface area (Å²) in [5, 5.41) is 2.40. The number of rotatable bonds is 7. The number of fused-ring (bicyclic) bond motifs is 1. The molecule has 0 saturated heterocycles. The number of carbonyl (C=O) groups excluding carboxylic acids is 1. The number of H-pyrrole nitrogens is 2. The Morgan fingerprint density at radius 2 is 2.03 bits per heavy atom. The molecule has 0 atom stereocenters. The van der Waals surface area contributed by atoms with Crippen LogP contribution >= 0.6 is 0 Å². The molecule has 0 saturated carbocycles. The van der Waals surface area contributed by atoms with Crippen LogP contribution in [-0.4, -0.2) is 30.0 Å². The number of sulfonamides is 1. The number of benzene rings is 1. The molecule has 0 bridgehead atoms. The van der Waals surface area contributed by atoms with Crippen LogP contribution in [0, 0.1) is 11.6 Å². The average Bonchev–Trinajstić information content (AvgIpc) is 3.06. The Hall–Kier alpha value is -3.08. The second-order valence-electron chi connectivity index (χ2n) is 6.35. The number of hydrogen-bond donors (Lipinski definition) is 3. The van der Waals surface area contributed by atoms with Crippen molar-refractivity contribution < 1.29 is 27.0 Å². The molecule has 8 nitrogen and oxygen atoms in total. The summed E-state index contributed by atoms with van der Waals surface area (Å²) in [6.07, 6.45) is 2.43. The molecule has 0 aliphatic heterocycles. The van der Waals surface area contributed by atoms with Crippen molar-refractivity contribution in [2.45, 2.75) is 26.7 Å². The number of pyridine rings is 1. The molecule has 0 unspecified atom stereocenters. The van der Waals surface area contributed by atoms with E-state index in [4.69, 9.17) is 0 Å². The van der Waals surface area contributed by atoms with E-state index in [9.17, 15) is 22.0 Å². The van der Waals surface area contributed by atoms with Gasteiger partial charge < -0.3 is 10.3 Å². The van der Waals surface area contributed by atoms with Gasteiger partial charge in [-0.1, -0.05) is 13.8 Å². The standard InChI is InChI=1S/C18H19F2N5O3S/c1-3-7-29(27,28)25-12-6-5-11(19)15(16(12)20)18(26)22-10-8-13-17(21-9-10)24-14(4-2)23-13/h5-6,8-9,25H,3-4,7H2,1-2H3,(H,22,26)(H,21,23,24)/p+1. The van der Waals surface area contributed by atoms with Crippen molar-refractivity contribution >= 4 is 38.5 Å². The highest BCUT2D eigenvalue weighted by molar-refractivity contribution is 7.92. The highest BCUT2D eigenvalue weighted by atomic mass is 32.2. The molecular formula is C18H20F2N5O3S+. The van der Waals surface area contributed by atoms with Gasteiger partial charge in [-0.3, -0.25) is 9.52 Å². The van der Waals surface area contributed by atoms with E-state index >= 15 is 0 Å². The quantitative estimate of drug-likeness (QED) is 0.540. The SMILES string of the molecule is CCCS(=O)(=O)Nc1ccc(F)c(C(=O)Nc2c[nH+]c3nc(CC)[nH]c3c2)c1F. The molecule has 2 heterocycles. The van der Waals surface area contributed by atoms with Gasteiger partial charge in [-0.15, -0.1) is 0 Å². The van der Waals surface area contributed by atoms with Crippen LogP contribution in [-0.2, 0) is 16.4 Å². The maximum atomic E-state index is 14.7. The summed E-state index contributed by atoms with van der Waals surface area (Å²) < 4.78 is 54.7. The molecule has 3 rings (SSSR count). The van der Waals surface area contributed by atoms with Gasteiger partial charge >= 0.3 is 5.65 Å². The zero-order chi connectivity index (χ0) is 21.2. The molecule has 0 aliphatic carbocycles. The van der Waals surface area contributed by atoms with Gasteiger partial charge in [0.1, 0.15) is 23.1 Å². The number of imidazole rings is 1. The Labute approximate surface area is 165 Å². The molecule has 3 aromatic rings. The fourth-order valence-electron chi connectivity index (χ4n) is 2.76. The summed E-state index contributed by atoms with van der Waals surface area (Å²) in [5.41, 5.74) is 0.0598. The molecule has 0 aliphatic rings. The topological polar surface area (TPSA) is 118 Å². The van der Waals surface area contributed by atoms with Crippen molar-refractivity contribution in [1.82, 2.24) is 9.97 Å². The maximum absolute atomic E-state index is 14.7. The van der Waals surface area contributed by atoms with Crippen LogP contribution in [0.5, 0.6) is 0 Å². The van der Waals surface area contributed by atoms with Crippen LogP contribution < -0.4 is 15.0 Å². The lowest BCUT2D eigenvalue weighted by Gasteiger charge is -2.12. The molecule has 154 valence electrons. The summed E-state index contributed by atoms with van der Waals surface area (Å²) in [6.45, 7) is 3.57. The molecule has 1 amide bonds. The number of nitrogens with one attached hydrogen (secondary N) is 4. The summed E-state index contributed by atoms with van der Waals surface area (Å²) in [4.78, 5) is 22.7. The first-order chi connectivity index (χ1) is 13.7. The van der Waals surface area contributed by atoms with E-state index in [1.54, 1.807) is 13.0 Å². The summed E-state index contributed by atoms with van der Waals surface area (Å²) >= 11 is 0. The summed E-state index contributed by atoms with van der Waals surface area (Å²) in [6, 6.07) is 3.34. The Morgan fingerprint density at radius 3 is 2.72 bits per heavy atom. The number of halogens is 2. The molecule has 1 aromatic carbocycles. The molecule has 0 radical (unpaired) electrons. The maximum Gasteiger partial charge on any atom is 0.346 e. The third kappa shape index (κ3) is 4.50. The number of anilines is 2. The average molecular weight is 424 g/mol. The predicted molar refractivity (Wildman–Crippen MR) is 104 cm³/mol. The number of aromatic amines is 2. The number of amides is 1. The van der Waals surface area contributed by atoms with Gasteiger partial charge in [-0.2, -0.15) is 0 Å². The minimum Gasteiger partial charge on any atom is -0.319 e. The van der Waals surface area contributed by atoms with Crippen molar-refractivity contribution in [2.24, 2.45) is 0 Å². The van der Waals surface area contributed by atoms with Crippen molar-refractivity contribution in [2.75, 3.05) is 15.8 Å². The normalized spacial score (nSPS) is 11.6. The molecule has 0 spiro atoms. The van der Waals surface area contributed by atoms with Gasteiger partial charge in [-0.25, -0.2) is 22.2 Å². The van der Waals surface area contributed by atoms with E-state index in [2.05, 4.69) is 20.3 Å². The van der Waals surface area contributed by atoms with Crippen LogP contribution in [0.1, 0.15) is 36.5 Å². The van der Waals surface area contributed by atoms with Crippen LogP contribution in [0.15, 0.2) is 24.4 Å². The monoisotopic (exact) mass is 424 g/mol. The predicted octanol–water partition coefficient (Wildman–Crippen LogP) is 2.62. The Bertz CT molecular complexity index is 1180. The molecule has 0 fully saturated rings. The van der Waals surface area contributed by atoms with E-state index in [0.717, 1.165) is 18.0 Å². The molecule has 11 heteroatoms. The lowest BCUT2D eigenvalue weighted by Crippen LogP contribution is -2.21. The fourth-order valence-corrected chi connectivity index (χ4v) is 3.89. The van der Waals surface area contributed by atoms with E-state index < -0.39 is 38.8 Å². The van der Waals surface area contributed by atoms with Gasteiger partial charge in [0, 0.05) is 6.42 Å². The molecule has 29 heavy (non-hydrogen) atoms. The smallest absolute Gasteiger partial charge is 0.319 e. The Kier molecular flexibility index (Phi) is 5.78. The van der Waals surface area contributed by atoms with E-state index in [1.165, 1.54) is 6.20 Å².